The molecule has 0 bridgehead atoms. The highest BCUT2D eigenvalue weighted by molar-refractivity contribution is 7.42. The van der Waals surface area contributed by atoms with Crippen molar-refractivity contribution in [3.8, 4) is 0 Å². The van der Waals surface area contributed by atoms with E-state index in [-0.39, 0.29) is 0 Å². The van der Waals surface area contributed by atoms with Crippen molar-refractivity contribution < 1.29 is 4.52 Å². The van der Waals surface area contributed by atoms with Crippen LogP contribution in [0.4, 0.5) is 0 Å². The van der Waals surface area contributed by atoms with E-state index in [1.165, 1.54) is 56.7 Å². The molecule has 1 saturated carbocycles. The lowest BCUT2D eigenvalue weighted by molar-refractivity contribution is 0.352. The molecule has 0 amide bonds. The summed E-state index contributed by atoms with van der Waals surface area (Å²) in [6, 6.07) is 6.83. The molecule has 0 spiro atoms. The van der Waals surface area contributed by atoms with Crippen molar-refractivity contribution >= 4 is 14.1 Å². The van der Waals surface area contributed by atoms with Crippen LogP contribution in [-0.2, 0) is 17.4 Å². The second-order valence-electron chi connectivity index (χ2n) is 5.57. The summed E-state index contributed by atoms with van der Waals surface area (Å²) in [6.45, 7) is 4.55. The van der Waals surface area contributed by atoms with Crippen molar-refractivity contribution in [2.75, 3.05) is 0 Å². The van der Waals surface area contributed by atoms with Crippen molar-refractivity contribution in [3.05, 3.63) is 29.3 Å². The first-order valence-corrected chi connectivity index (χ1v) is 8.78. The van der Waals surface area contributed by atoms with Gasteiger partial charge < -0.3 is 4.52 Å². The maximum Gasteiger partial charge on any atom is 0.0620 e. The first-order chi connectivity index (χ1) is 9.35. The normalized spacial score (nSPS) is 15.5. The molecule has 1 nitrogen and oxygen atoms in total. The van der Waals surface area contributed by atoms with E-state index >= 15 is 0 Å². The number of aryl methyl sites for hydroxylation is 1. The highest BCUT2D eigenvalue weighted by Crippen LogP contribution is 2.32. The van der Waals surface area contributed by atoms with Crippen molar-refractivity contribution in [1.82, 2.24) is 0 Å². The number of hydrogen-bond donors (Lipinski definition) is 0. The standard InChI is InChI=1S/C17H27OP/c1-3-5-8-14-9-7-11-17(16(14)10-6-4-2)19-18-15-12-13-15/h7,9,11,15,19H,3-6,8,10,12-13H2,1-2H3. The molecule has 0 N–H and O–H groups in total. The number of hydrogen-bond acceptors (Lipinski definition) is 1. The Hall–Kier alpha value is -0.390. The average Bonchev–Trinajstić information content (AvgIpc) is 3.25. The van der Waals surface area contributed by atoms with Crippen LogP contribution in [0, 0.1) is 0 Å². The van der Waals surface area contributed by atoms with Crippen LogP contribution in [0.1, 0.15) is 63.5 Å². The molecule has 1 aromatic carbocycles. The van der Waals surface area contributed by atoms with Gasteiger partial charge in [-0.2, -0.15) is 0 Å². The third-order valence-corrected chi connectivity index (χ3v) is 4.85. The Bertz CT molecular complexity index is 385. The van der Waals surface area contributed by atoms with Gasteiger partial charge >= 0.3 is 0 Å². The molecule has 1 unspecified atom stereocenters. The minimum Gasteiger partial charge on any atom is -0.354 e. The highest BCUT2D eigenvalue weighted by Gasteiger charge is 2.22. The molecule has 1 aliphatic carbocycles. The van der Waals surface area contributed by atoms with Gasteiger partial charge in [-0.25, -0.2) is 0 Å². The Morgan fingerprint density at radius 1 is 1.11 bits per heavy atom. The molecular formula is C17H27OP. The van der Waals surface area contributed by atoms with Crippen LogP contribution in [0.15, 0.2) is 18.2 Å². The van der Waals surface area contributed by atoms with Crippen LogP contribution < -0.4 is 5.30 Å². The summed E-state index contributed by atoms with van der Waals surface area (Å²) in [4.78, 5) is 0. The molecule has 1 aliphatic rings. The summed E-state index contributed by atoms with van der Waals surface area (Å²) >= 11 is 0. The van der Waals surface area contributed by atoms with Crippen LogP contribution in [0.2, 0.25) is 0 Å². The summed E-state index contributed by atoms with van der Waals surface area (Å²) in [6.07, 6.45) is 10.7. The molecule has 0 aliphatic heterocycles. The van der Waals surface area contributed by atoms with Crippen LogP contribution in [0.3, 0.4) is 0 Å². The van der Waals surface area contributed by atoms with Crippen LogP contribution in [0.25, 0.3) is 0 Å². The van der Waals surface area contributed by atoms with E-state index in [1.807, 2.05) is 0 Å². The number of unbranched alkanes of at least 4 members (excludes halogenated alkanes) is 2. The van der Waals surface area contributed by atoms with Gasteiger partial charge in [-0.15, -0.1) is 0 Å². The SMILES string of the molecule is CCCCc1cccc(POC2CC2)c1CCCC. The smallest absolute Gasteiger partial charge is 0.0620 e. The lowest BCUT2D eigenvalue weighted by Gasteiger charge is -2.14. The molecule has 1 fully saturated rings. The molecule has 1 atom stereocenters. The van der Waals surface area contributed by atoms with Gasteiger partial charge in [0.05, 0.1) is 6.10 Å². The fraction of sp³-hybridized carbons (Fsp3) is 0.647. The maximum atomic E-state index is 5.95. The third-order valence-electron chi connectivity index (χ3n) is 3.71. The van der Waals surface area contributed by atoms with Gasteiger partial charge in [0, 0.05) is 14.1 Å². The van der Waals surface area contributed by atoms with Gasteiger partial charge in [0.2, 0.25) is 0 Å². The van der Waals surface area contributed by atoms with Gasteiger partial charge in [0.25, 0.3) is 0 Å². The van der Waals surface area contributed by atoms with Crippen molar-refractivity contribution in [3.63, 3.8) is 0 Å². The zero-order valence-corrected chi connectivity index (χ0v) is 13.4. The minimum atomic E-state index is 0.559. The third kappa shape index (κ3) is 4.89. The first-order valence-electron chi connectivity index (χ1n) is 7.87. The van der Waals surface area contributed by atoms with E-state index < -0.39 is 0 Å². The Kier molecular flexibility index (Phi) is 6.34. The monoisotopic (exact) mass is 278 g/mol. The highest BCUT2D eigenvalue weighted by atomic mass is 31.1. The van der Waals surface area contributed by atoms with Crippen molar-refractivity contribution in [2.45, 2.75) is 71.3 Å². The molecule has 0 heterocycles. The van der Waals surface area contributed by atoms with Gasteiger partial charge in [0.15, 0.2) is 0 Å². The van der Waals surface area contributed by atoms with Gasteiger partial charge in [-0.3, -0.25) is 0 Å². The second-order valence-corrected chi connectivity index (χ2v) is 6.55. The zero-order valence-electron chi connectivity index (χ0n) is 12.4. The molecule has 1 aromatic rings. The second kappa shape index (κ2) is 8.02. The summed E-state index contributed by atoms with van der Waals surface area (Å²) < 4.78 is 5.95. The number of rotatable bonds is 9. The molecule has 2 heteroatoms. The Morgan fingerprint density at radius 2 is 1.84 bits per heavy atom. The Labute approximate surface area is 120 Å². The van der Waals surface area contributed by atoms with E-state index in [4.69, 9.17) is 4.52 Å². The van der Waals surface area contributed by atoms with E-state index in [0.29, 0.717) is 14.9 Å². The quantitative estimate of drug-likeness (QED) is 0.591. The molecular weight excluding hydrogens is 251 g/mol. The first kappa shape index (κ1) is 15.0. The topological polar surface area (TPSA) is 9.23 Å². The van der Waals surface area contributed by atoms with E-state index in [1.54, 1.807) is 11.1 Å². The van der Waals surface area contributed by atoms with Crippen LogP contribution >= 0.6 is 8.81 Å². The summed E-state index contributed by atoms with van der Waals surface area (Å²) in [5, 5.41) is 1.47. The molecule has 19 heavy (non-hydrogen) atoms. The molecule has 2 rings (SSSR count). The lowest BCUT2D eigenvalue weighted by atomic mass is 9.98. The molecule has 106 valence electrons. The van der Waals surface area contributed by atoms with E-state index in [9.17, 15) is 0 Å². The predicted octanol–water partition coefficient (Wildman–Crippen LogP) is 4.77. The van der Waals surface area contributed by atoms with E-state index in [0.717, 1.165) is 0 Å². The van der Waals surface area contributed by atoms with Gasteiger partial charge in [-0.05, 0) is 49.7 Å². The fourth-order valence-electron chi connectivity index (χ4n) is 2.31. The average molecular weight is 278 g/mol. The van der Waals surface area contributed by atoms with Gasteiger partial charge in [-0.1, -0.05) is 44.9 Å². The van der Waals surface area contributed by atoms with Crippen molar-refractivity contribution in [2.24, 2.45) is 0 Å². The Balaban J connectivity index is 2.07. The lowest BCUT2D eigenvalue weighted by Crippen LogP contribution is -2.10. The summed E-state index contributed by atoms with van der Waals surface area (Å²) in [5.74, 6) is 0. The van der Waals surface area contributed by atoms with Gasteiger partial charge in [0.1, 0.15) is 0 Å². The van der Waals surface area contributed by atoms with Crippen LogP contribution in [0.5, 0.6) is 0 Å². The van der Waals surface area contributed by atoms with Crippen molar-refractivity contribution in [1.29, 1.82) is 0 Å². The summed E-state index contributed by atoms with van der Waals surface area (Å²) in [5.41, 5.74) is 3.16. The zero-order chi connectivity index (χ0) is 13.5. The fourth-order valence-corrected chi connectivity index (χ4v) is 3.42. The van der Waals surface area contributed by atoms with E-state index in [2.05, 4.69) is 32.0 Å². The maximum absolute atomic E-state index is 5.95. The molecule has 0 radical (unpaired) electrons. The van der Waals surface area contributed by atoms with Crippen LogP contribution in [-0.4, -0.2) is 6.10 Å². The molecule has 0 saturated heterocycles. The largest absolute Gasteiger partial charge is 0.354 e. The molecule has 0 aromatic heterocycles. The Morgan fingerprint density at radius 3 is 2.53 bits per heavy atom. The minimum absolute atomic E-state index is 0.559. The predicted molar refractivity (Wildman–Crippen MR) is 85.7 cm³/mol. The summed E-state index contributed by atoms with van der Waals surface area (Å²) in [7, 11) is 0.559. The number of benzene rings is 1.